The van der Waals surface area contributed by atoms with Crippen molar-refractivity contribution in [3.8, 4) is 16.9 Å². The molecule has 1 unspecified atom stereocenters. The van der Waals surface area contributed by atoms with Crippen molar-refractivity contribution in [1.82, 2.24) is 24.4 Å². The van der Waals surface area contributed by atoms with Gasteiger partial charge in [-0.15, -0.1) is 5.01 Å². The molecule has 4 aromatic rings. The van der Waals surface area contributed by atoms with E-state index in [1.807, 2.05) is 11.6 Å². The molecule has 3 heterocycles. The van der Waals surface area contributed by atoms with Crippen molar-refractivity contribution < 1.29 is 50.5 Å². The van der Waals surface area contributed by atoms with Crippen LogP contribution in [-0.2, 0) is 25.8 Å². The minimum absolute atomic E-state index is 0.139. The predicted molar refractivity (Wildman–Crippen MR) is 178 cm³/mol. The zero-order valence-corrected chi connectivity index (χ0v) is 29.0. The molecule has 1 N–H and O–H groups in total. The summed E-state index contributed by atoms with van der Waals surface area (Å²) >= 11 is 0. The highest BCUT2D eigenvalue weighted by atomic mass is 32.2. The third-order valence-corrected chi connectivity index (χ3v) is 10.0. The Balaban J connectivity index is 0.995. The van der Waals surface area contributed by atoms with Crippen molar-refractivity contribution in [1.29, 1.82) is 0 Å². The van der Waals surface area contributed by atoms with Gasteiger partial charge in [-0.05, 0) is 75.1 Å². The molecule has 19 heteroatoms. The number of alkyl halides is 3. The van der Waals surface area contributed by atoms with Crippen LogP contribution in [0.15, 0.2) is 89.0 Å². The molecule has 0 aliphatic carbocycles. The molecule has 1 atom stereocenters. The van der Waals surface area contributed by atoms with E-state index < -0.39 is 46.0 Å². The summed E-state index contributed by atoms with van der Waals surface area (Å²) in [6.45, 7) is 3.46. The molecule has 0 radical (unpaired) electrons. The molecule has 3 amide bonds. The van der Waals surface area contributed by atoms with Gasteiger partial charge in [-0.1, -0.05) is 42.0 Å². The van der Waals surface area contributed by atoms with Crippen molar-refractivity contribution in [2.45, 2.75) is 44.0 Å². The Morgan fingerprint density at radius 3 is 2.21 bits per heavy atom. The van der Waals surface area contributed by atoms with Gasteiger partial charge in [0.2, 0.25) is 11.5 Å². The summed E-state index contributed by atoms with van der Waals surface area (Å²) in [6.07, 6.45) is -6.37. The number of aryl methyl sites for hydroxylation is 1. The lowest BCUT2D eigenvalue weighted by molar-refractivity contribution is -0.714. The molecule has 0 spiro atoms. The van der Waals surface area contributed by atoms with Crippen molar-refractivity contribution in [3.05, 3.63) is 106 Å². The van der Waals surface area contributed by atoms with E-state index in [2.05, 4.69) is 10.4 Å². The predicted octanol–water partition coefficient (Wildman–Crippen LogP) is 5.44. The molecule has 1 aromatic heterocycles. The average molecular weight is 756 g/mol. The molecule has 15 nitrogen and oxygen atoms in total. The molecular formula is C34H32F3N7O8S. The summed E-state index contributed by atoms with van der Waals surface area (Å²) < 4.78 is 74.5. The van der Waals surface area contributed by atoms with E-state index in [0.717, 1.165) is 33.3 Å². The maximum atomic E-state index is 13.5. The topological polar surface area (TPSA) is 179 Å². The molecule has 3 aromatic carbocycles. The van der Waals surface area contributed by atoms with Crippen LogP contribution >= 0.6 is 0 Å². The van der Waals surface area contributed by atoms with Crippen LogP contribution in [0, 0.1) is 18.0 Å². The Labute approximate surface area is 300 Å². The normalized spacial score (nSPS) is 16.1. The summed E-state index contributed by atoms with van der Waals surface area (Å²) in [5.74, 6) is -1.35. The number of amides is 3. The molecule has 6 rings (SSSR count). The first-order valence-corrected chi connectivity index (χ1v) is 17.7. The molecule has 2 aliphatic heterocycles. The van der Waals surface area contributed by atoms with Crippen molar-refractivity contribution in [2.75, 3.05) is 19.7 Å². The van der Waals surface area contributed by atoms with Crippen LogP contribution in [-0.4, -0.2) is 76.9 Å². The van der Waals surface area contributed by atoms with Crippen LogP contribution in [0.2, 0.25) is 0 Å². The molecule has 53 heavy (non-hydrogen) atoms. The highest BCUT2D eigenvalue weighted by Crippen LogP contribution is 2.33. The molecule has 1 saturated heterocycles. The smallest absolute Gasteiger partial charge is 0.435 e. The van der Waals surface area contributed by atoms with Gasteiger partial charge in [0.1, 0.15) is 0 Å². The molecule has 0 saturated carbocycles. The number of nitrogens with one attached hydrogen (secondary N) is 1. The lowest BCUT2D eigenvalue weighted by Crippen LogP contribution is -2.41. The fourth-order valence-corrected chi connectivity index (χ4v) is 6.70. The lowest BCUT2D eigenvalue weighted by atomic mass is 9.99. The van der Waals surface area contributed by atoms with Crippen LogP contribution < -0.4 is 4.72 Å². The number of sulfonamides is 1. The summed E-state index contributed by atoms with van der Waals surface area (Å²) in [5.41, 5.74) is 0.987. The Morgan fingerprint density at radius 1 is 1.02 bits per heavy atom. The second kappa shape index (κ2) is 14.6. The standard InChI is InChI=1S/C34H32F3N7O8S/c1-21-7-9-24(10-8-21)29-19-30(34(35,36)37)38-43(29)25-11-13-26(14-12-25)53(49,50)39-33(47)51-20-23-15-17-41(18-16-23)44(48)40-52-22(2)42-31(45)27-5-3-4-6-28(27)32(42)46/h3-14,19,22-23H,15-18,20H2,1-2H3,(H,39,47). The number of fused-ring (bicyclic) bond motifs is 1. The average Bonchev–Trinajstić information content (AvgIpc) is 3.70. The molecule has 278 valence electrons. The quantitative estimate of drug-likeness (QED) is 0.0948. The number of nitrogens with zero attached hydrogens (tertiary/aromatic N) is 6. The number of halogens is 3. The maximum Gasteiger partial charge on any atom is 0.435 e. The second-order valence-corrected chi connectivity index (χ2v) is 14.0. The number of piperidine rings is 1. The third-order valence-electron chi connectivity index (χ3n) is 8.70. The van der Waals surface area contributed by atoms with E-state index in [9.17, 15) is 41.2 Å². The Morgan fingerprint density at radius 2 is 1.62 bits per heavy atom. The number of aromatic nitrogens is 2. The first-order chi connectivity index (χ1) is 25.1. The fraction of sp³-hybridized carbons (Fsp3) is 0.294. The Bertz CT molecular complexity index is 2130. The number of benzene rings is 3. The summed E-state index contributed by atoms with van der Waals surface area (Å²) in [4.78, 5) is 43.6. The summed E-state index contributed by atoms with van der Waals surface area (Å²) in [6, 6.07) is 18.7. The fourth-order valence-electron chi connectivity index (χ4n) is 5.81. The van der Waals surface area contributed by atoms with Crippen LogP contribution in [0.5, 0.6) is 0 Å². The SMILES string of the molecule is Cc1ccc(-c2cc(C(F)(F)F)nn2-c2ccc(S(=O)(=O)NC(=O)OCC3CCN([N+]([O-])=NOC(C)N4C(=O)c5ccccc5C4=O)CC3)cc2)cc1. The zero-order chi connectivity index (χ0) is 38.1. The first kappa shape index (κ1) is 36.8. The van der Waals surface area contributed by atoms with Gasteiger partial charge < -0.3 is 14.8 Å². The minimum atomic E-state index is -4.72. The number of hydrogen-bond acceptors (Lipinski definition) is 10. The number of hydrogen-bond donors (Lipinski definition) is 1. The number of ether oxygens (including phenoxy) is 1. The van der Waals surface area contributed by atoms with Gasteiger partial charge in [0.25, 0.3) is 21.8 Å². The monoisotopic (exact) mass is 755 g/mol. The number of rotatable bonds is 10. The Kier molecular flexibility index (Phi) is 10.1. The summed E-state index contributed by atoms with van der Waals surface area (Å²) in [5, 5.41) is 21.1. The van der Waals surface area contributed by atoms with Crippen molar-refractivity contribution in [2.24, 2.45) is 11.2 Å². The lowest BCUT2D eigenvalue weighted by Gasteiger charge is -2.28. The highest BCUT2D eigenvalue weighted by Gasteiger charge is 2.40. The van der Waals surface area contributed by atoms with Gasteiger partial charge in [0, 0.05) is 5.56 Å². The number of carbonyl (C=O) groups is 3. The minimum Gasteiger partial charge on any atom is -0.569 e. The molecule has 2 aliphatic rings. The van der Waals surface area contributed by atoms with E-state index in [4.69, 9.17) is 9.57 Å². The van der Waals surface area contributed by atoms with Crippen LogP contribution in [0.4, 0.5) is 18.0 Å². The van der Waals surface area contributed by atoms with Crippen LogP contribution in [0.1, 0.15) is 51.7 Å². The van der Waals surface area contributed by atoms with E-state index in [0.29, 0.717) is 18.4 Å². The van der Waals surface area contributed by atoms with Gasteiger partial charge in [-0.2, -0.15) is 18.3 Å². The Hall–Kier alpha value is -5.98. The maximum absolute atomic E-state index is 13.5. The largest absolute Gasteiger partial charge is 0.569 e. The van der Waals surface area contributed by atoms with E-state index in [1.165, 1.54) is 36.2 Å². The number of carbonyl (C=O) groups excluding carboxylic acids is 3. The van der Waals surface area contributed by atoms with Crippen LogP contribution in [0.3, 0.4) is 0 Å². The van der Waals surface area contributed by atoms with E-state index >= 15 is 0 Å². The number of hydrazine groups is 1. The highest BCUT2D eigenvalue weighted by molar-refractivity contribution is 7.90. The molecule has 1 fully saturated rings. The molecule has 0 bridgehead atoms. The van der Waals surface area contributed by atoms with Crippen molar-refractivity contribution in [3.63, 3.8) is 0 Å². The van der Waals surface area contributed by atoms with Gasteiger partial charge in [-0.25, -0.2) is 27.5 Å². The van der Waals surface area contributed by atoms with Gasteiger partial charge >= 0.3 is 12.3 Å². The first-order valence-electron chi connectivity index (χ1n) is 16.2. The van der Waals surface area contributed by atoms with Crippen LogP contribution in [0.25, 0.3) is 16.9 Å². The third kappa shape index (κ3) is 7.93. The van der Waals surface area contributed by atoms with Gasteiger partial charge in [-0.3, -0.25) is 9.59 Å². The zero-order valence-electron chi connectivity index (χ0n) is 28.2. The van der Waals surface area contributed by atoms with Crippen molar-refractivity contribution >= 4 is 27.9 Å². The van der Waals surface area contributed by atoms with Gasteiger partial charge in [0.05, 0.1) is 52.1 Å². The van der Waals surface area contributed by atoms with E-state index in [-0.39, 0.29) is 58.0 Å². The summed E-state index contributed by atoms with van der Waals surface area (Å²) in [7, 11) is -4.42. The second-order valence-electron chi connectivity index (χ2n) is 12.4. The number of imide groups is 1. The molecular weight excluding hydrogens is 723 g/mol. The van der Waals surface area contributed by atoms with Gasteiger partial charge in [0.15, 0.2) is 5.69 Å². The van der Waals surface area contributed by atoms with E-state index in [1.54, 1.807) is 36.4 Å².